The van der Waals surface area contributed by atoms with E-state index in [-0.39, 0.29) is 5.75 Å². The summed E-state index contributed by atoms with van der Waals surface area (Å²) < 4.78 is 13.9. The molecule has 9 heteroatoms. The minimum atomic E-state index is -1.17. The molecule has 106 valence electrons. The Labute approximate surface area is 127 Å². The molecule has 2 aromatic heterocycles. The summed E-state index contributed by atoms with van der Waals surface area (Å²) in [6.45, 7) is 0. The van der Waals surface area contributed by atoms with E-state index in [1.807, 2.05) is 0 Å². The fourth-order valence-electron chi connectivity index (χ4n) is 1.81. The number of hydrogen-bond acceptors (Lipinski definition) is 5. The second-order valence-corrected chi connectivity index (χ2v) is 6.88. The van der Waals surface area contributed by atoms with E-state index in [1.54, 1.807) is 10.7 Å². The summed E-state index contributed by atoms with van der Waals surface area (Å²) in [5.41, 5.74) is 0.569. The highest BCUT2D eigenvalue weighted by Gasteiger charge is 2.28. The Kier molecular flexibility index (Phi) is 4.00. The molecule has 1 aliphatic rings. The van der Waals surface area contributed by atoms with Gasteiger partial charge in [-0.3, -0.25) is 9.19 Å². The second kappa shape index (κ2) is 5.75. The van der Waals surface area contributed by atoms with Gasteiger partial charge in [-0.25, -0.2) is 4.68 Å². The van der Waals surface area contributed by atoms with Gasteiger partial charge in [-0.2, -0.15) is 0 Å². The Hall–Kier alpha value is -1.05. The lowest BCUT2D eigenvalue weighted by atomic mass is 10.4. The number of nitrogens with zero attached hydrogens (tertiary/aromatic N) is 5. The van der Waals surface area contributed by atoms with Crippen molar-refractivity contribution >= 4 is 34.0 Å². The first kappa shape index (κ1) is 13.9. The first-order valence-corrected chi connectivity index (χ1v) is 8.29. The smallest absolute Gasteiger partial charge is 0.164 e. The highest BCUT2D eigenvalue weighted by Crippen LogP contribution is 2.34. The summed E-state index contributed by atoms with van der Waals surface area (Å²) in [5.74, 6) is 1.20. The Morgan fingerprint density at radius 1 is 1.35 bits per heavy atom. The van der Waals surface area contributed by atoms with Crippen LogP contribution in [0.1, 0.15) is 30.4 Å². The van der Waals surface area contributed by atoms with Crippen LogP contribution in [0.2, 0.25) is 10.0 Å². The van der Waals surface area contributed by atoms with Crippen molar-refractivity contribution in [3.8, 4) is 0 Å². The molecule has 0 unspecified atom stereocenters. The quantitative estimate of drug-likeness (QED) is 0.839. The van der Waals surface area contributed by atoms with Gasteiger partial charge in [-0.05, 0) is 29.3 Å². The van der Waals surface area contributed by atoms with E-state index in [2.05, 4.69) is 20.5 Å². The molecule has 3 rings (SSSR count). The van der Waals surface area contributed by atoms with Gasteiger partial charge in [-0.15, -0.1) is 5.10 Å². The molecule has 20 heavy (non-hydrogen) atoms. The minimum absolute atomic E-state index is 0.257. The molecule has 2 heterocycles. The maximum absolute atomic E-state index is 12.2. The van der Waals surface area contributed by atoms with Crippen LogP contribution in [0.4, 0.5) is 0 Å². The van der Waals surface area contributed by atoms with Crippen LogP contribution in [0, 0.1) is 0 Å². The molecule has 0 bridgehead atoms. The summed E-state index contributed by atoms with van der Waals surface area (Å²) in [6.07, 6.45) is 3.65. The predicted octanol–water partition coefficient (Wildman–Crippen LogP) is 2.16. The van der Waals surface area contributed by atoms with Crippen LogP contribution >= 0.6 is 23.2 Å². The molecule has 2 aromatic rings. The Morgan fingerprint density at radius 3 is 2.85 bits per heavy atom. The van der Waals surface area contributed by atoms with Crippen molar-refractivity contribution in [2.45, 2.75) is 30.4 Å². The standard InChI is InChI=1S/C11H11Cl2N5OS/c12-7-3-9(13)10(14-4-7)5-20(19)6-11-15-16-17-18(11)8-1-2-8/h3-4,8H,1-2,5-6H2/t20-/m0/s1. The van der Waals surface area contributed by atoms with Gasteiger partial charge in [0.15, 0.2) is 5.82 Å². The molecule has 1 atom stereocenters. The van der Waals surface area contributed by atoms with Crippen LogP contribution < -0.4 is 0 Å². The van der Waals surface area contributed by atoms with Crippen LogP contribution in [0.25, 0.3) is 0 Å². The summed E-state index contributed by atoms with van der Waals surface area (Å²) >= 11 is 11.8. The van der Waals surface area contributed by atoms with Crippen molar-refractivity contribution in [3.05, 3.63) is 33.8 Å². The van der Waals surface area contributed by atoms with Crippen molar-refractivity contribution in [2.75, 3.05) is 0 Å². The lowest BCUT2D eigenvalue weighted by Crippen LogP contribution is -2.09. The normalized spacial score (nSPS) is 16.3. The summed E-state index contributed by atoms with van der Waals surface area (Å²) in [4.78, 5) is 4.10. The number of rotatable bonds is 5. The number of tetrazole rings is 1. The van der Waals surface area contributed by atoms with Gasteiger partial charge in [0.1, 0.15) is 0 Å². The van der Waals surface area contributed by atoms with E-state index in [1.165, 1.54) is 6.20 Å². The Morgan fingerprint density at radius 2 is 2.15 bits per heavy atom. The molecule has 1 saturated carbocycles. The lowest BCUT2D eigenvalue weighted by Gasteiger charge is -2.05. The highest BCUT2D eigenvalue weighted by atomic mass is 35.5. The second-order valence-electron chi connectivity index (χ2n) is 4.58. The SMILES string of the molecule is O=[S@@](Cc1ncc(Cl)cc1Cl)Cc1nnnn1C1CC1. The molecule has 0 radical (unpaired) electrons. The monoisotopic (exact) mass is 331 g/mol. The fourth-order valence-corrected chi connectivity index (χ4v) is 3.45. The number of hydrogen-bond donors (Lipinski definition) is 0. The van der Waals surface area contributed by atoms with Crippen LogP contribution in [0.3, 0.4) is 0 Å². The molecular weight excluding hydrogens is 321 g/mol. The molecule has 0 aromatic carbocycles. The van der Waals surface area contributed by atoms with Gasteiger partial charge in [0.05, 0.1) is 33.3 Å². The van der Waals surface area contributed by atoms with E-state index in [4.69, 9.17) is 23.2 Å². The third kappa shape index (κ3) is 3.16. The van der Waals surface area contributed by atoms with E-state index in [0.717, 1.165) is 12.8 Å². The molecule has 6 nitrogen and oxygen atoms in total. The molecular formula is C11H11Cl2N5OS. The summed E-state index contributed by atoms with van der Waals surface area (Å²) in [7, 11) is -1.17. The topological polar surface area (TPSA) is 73.6 Å². The summed E-state index contributed by atoms with van der Waals surface area (Å²) in [5, 5.41) is 12.4. The van der Waals surface area contributed by atoms with Gasteiger partial charge in [0.25, 0.3) is 0 Å². The van der Waals surface area contributed by atoms with Gasteiger partial charge in [0.2, 0.25) is 0 Å². The van der Waals surface area contributed by atoms with Crippen molar-refractivity contribution in [3.63, 3.8) is 0 Å². The Balaban J connectivity index is 1.68. The van der Waals surface area contributed by atoms with Crippen molar-refractivity contribution in [1.82, 2.24) is 25.2 Å². The number of pyridine rings is 1. The van der Waals surface area contributed by atoms with Crippen molar-refractivity contribution in [1.29, 1.82) is 0 Å². The third-order valence-electron chi connectivity index (χ3n) is 2.93. The fraction of sp³-hybridized carbons (Fsp3) is 0.455. The van der Waals surface area contributed by atoms with E-state index in [0.29, 0.717) is 33.4 Å². The molecule has 0 spiro atoms. The van der Waals surface area contributed by atoms with Crippen LogP contribution in [-0.4, -0.2) is 29.4 Å². The molecule has 0 N–H and O–H groups in total. The molecule has 1 fully saturated rings. The van der Waals surface area contributed by atoms with Crippen molar-refractivity contribution in [2.24, 2.45) is 0 Å². The van der Waals surface area contributed by atoms with Crippen LogP contribution in [-0.2, 0) is 22.3 Å². The average molecular weight is 332 g/mol. The zero-order chi connectivity index (χ0) is 14.1. The van der Waals surface area contributed by atoms with Gasteiger partial charge < -0.3 is 0 Å². The zero-order valence-corrected chi connectivity index (χ0v) is 12.7. The van der Waals surface area contributed by atoms with E-state index >= 15 is 0 Å². The number of aromatic nitrogens is 5. The van der Waals surface area contributed by atoms with Crippen molar-refractivity contribution < 1.29 is 4.21 Å². The average Bonchev–Trinajstić information content (AvgIpc) is 3.14. The lowest BCUT2D eigenvalue weighted by molar-refractivity contribution is 0.591. The molecule has 0 amide bonds. The molecule has 0 saturated heterocycles. The van der Waals surface area contributed by atoms with Gasteiger partial charge >= 0.3 is 0 Å². The minimum Gasteiger partial charge on any atom is -0.259 e. The van der Waals surface area contributed by atoms with Gasteiger partial charge in [0, 0.05) is 17.0 Å². The first-order valence-electron chi connectivity index (χ1n) is 6.05. The largest absolute Gasteiger partial charge is 0.259 e. The molecule has 1 aliphatic carbocycles. The first-order chi connectivity index (χ1) is 9.63. The highest BCUT2D eigenvalue weighted by molar-refractivity contribution is 7.83. The zero-order valence-electron chi connectivity index (χ0n) is 10.4. The van der Waals surface area contributed by atoms with Gasteiger partial charge in [-0.1, -0.05) is 23.2 Å². The van der Waals surface area contributed by atoms with E-state index in [9.17, 15) is 4.21 Å². The van der Waals surface area contributed by atoms with E-state index < -0.39 is 10.8 Å². The molecule has 0 aliphatic heterocycles. The number of halogens is 2. The Bertz CT molecular complexity index is 658. The predicted molar refractivity (Wildman–Crippen MR) is 75.9 cm³/mol. The van der Waals surface area contributed by atoms with Crippen LogP contribution in [0.5, 0.6) is 0 Å². The summed E-state index contributed by atoms with van der Waals surface area (Å²) in [6, 6.07) is 1.96. The maximum Gasteiger partial charge on any atom is 0.164 e. The third-order valence-corrected chi connectivity index (χ3v) is 4.64. The maximum atomic E-state index is 12.2. The van der Waals surface area contributed by atoms with Crippen LogP contribution in [0.15, 0.2) is 12.3 Å².